The third-order valence-corrected chi connectivity index (χ3v) is 1.64. The van der Waals surface area contributed by atoms with Crippen molar-refractivity contribution in [2.45, 2.75) is 13.5 Å². The molecular formula is C7H10BrN3O. The molecule has 12 heavy (non-hydrogen) atoms. The molecule has 1 heterocycles. The van der Waals surface area contributed by atoms with Gasteiger partial charge in [0.2, 0.25) is 0 Å². The Kier molecular flexibility index (Phi) is 3.43. The van der Waals surface area contributed by atoms with Crippen LogP contribution in [0.2, 0.25) is 0 Å². The van der Waals surface area contributed by atoms with Crippen LogP contribution in [0.3, 0.4) is 0 Å². The molecule has 0 aliphatic rings. The van der Waals surface area contributed by atoms with Crippen molar-refractivity contribution in [3.05, 3.63) is 22.4 Å². The molecule has 0 atom stereocenters. The first kappa shape index (κ1) is 9.41. The van der Waals surface area contributed by atoms with Crippen LogP contribution in [0.1, 0.15) is 11.4 Å². The molecule has 0 saturated heterocycles. The van der Waals surface area contributed by atoms with E-state index in [9.17, 15) is 0 Å². The first-order valence-electron chi connectivity index (χ1n) is 3.52. The molecule has 0 bridgehead atoms. The number of nitrogens with zero attached hydrogens (tertiary/aromatic N) is 2. The molecule has 66 valence electrons. The second-order valence-electron chi connectivity index (χ2n) is 2.42. The molecule has 0 aliphatic heterocycles. The van der Waals surface area contributed by atoms with Crippen LogP contribution < -0.4 is 5.32 Å². The maximum atomic E-state index is 4.53. The van der Waals surface area contributed by atoms with Gasteiger partial charge in [-0.15, -0.1) is 0 Å². The summed E-state index contributed by atoms with van der Waals surface area (Å²) in [5.74, 6) is 0. The number of aromatic nitrogens is 2. The number of nitrogens with one attached hydrogen (secondary N) is 1. The van der Waals surface area contributed by atoms with Crippen LogP contribution in [-0.4, -0.2) is 16.9 Å². The topological polar surface area (TPSA) is 51.0 Å². The lowest BCUT2D eigenvalue weighted by Crippen LogP contribution is -2.15. The number of aryl methyl sites for hydroxylation is 1. The van der Waals surface area contributed by atoms with Crippen LogP contribution in [0.15, 0.2) is 15.7 Å². The van der Waals surface area contributed by atoms with Gasteiger partial charge in [0.25, 0.3) is 0 Å². The van der Waals surface area contributed by atoms with E-state index in [0.29, 0.717) is 13.1 Å². The molecule has 0 unspecified atom stereocenters. The van der Waals surface area contributed by atoms with Crippen LogP contribution in [0.5, 0.6) is 0 Å². The van der Waals surface area contributed by atoms with Crippen LogP contribution in [0, 0.1) is 6.92 Å². The Hall–Kier alpha value is -0.680. The lowest BCUT2D eigenvalue weighted by atomic mass is 10.3. The van der Waals surface area contributed by atoms with E-state index in [0.717, 1.165) is 15.9 Å². The highest BCUT2D eigenvalue weighted by Crippen LogP contribution is 2.01. The Bertz CT molecular complexity index is 271. The summed E-state index contributed by atoms with van der Waals surface area (Å²) in [5.41, 5.74) is 1.66. The van der Waals surface area contributed by atoms with Crippen molar-refractivity contribution < 1.29 is 4.63 Å². The third kappa shape index (κ3) is 2.75. The number of rotatable bonds is 4. The number of hydrogen-bond donors (Lipinski definition) is 1. The molecular weight excluding hydrogens is 222 g/mol. The summed E-state index contributed by atoms with van der Waals surface area (Å²) in [6.45, 7) is 6.92. The minimum absolute atomic E-state index is 0.653. The summed E-state index contributed by atoms with van der Waals surface area (Å²) in [5, 5.41) is 10.5. The normalized spacial score (nSPS) is 10.2. The molecule has 1 aromatic heterocycles. The first-order chi connectivity index (χ1) is 5.70. The average Bonchev–Trinajstić information content (AvgIpc) is 2.36. The molecule has 0 radical (unpaired) electrons. The summed E-state index contributed by atoms with van der Waals surface area (Å²) >= 11 is 3.24. The van der Waals surface area contributed by atoms with E-state index in [1.807, 2.05) is 6.92 Å². The summed E-state index contributed by atoms with van der Waals surface area (Å²) in [6.07, 6.45) is 0. The fraction of sp³-hybridized carbons (Fsp3) is 0.429. The molecule has 0 spiro atoms. The molecule has 0 amide bonds. The summed E-state index contributed by atoms with van der Waals surface area (Å²) in [7, 11) is 0. The predicted octanol–water partition coefficient (Wildman–Crippen LogP) is 1.38. The lowest BCUT2D eigenvalue weighted by molar-refractivity contribution is 0.300. The Labute approximate surface area is 79.1 Å². The first-order valence-corrected chi connectivity index (χ1v) is 4.31. The van der Waals surface area contributed by atoms with Crippen molar-refractivity contribution in [1.82, 2.24) is 15.6 Å². The van der Waals surface area contributed by atoms with Gasteiger partial charge in [0.05, 0.1) is 0 Å². The highest BCUT2D eigenvalue weighted by molar-refractivity contribution is 9.11. The lowest BCUT2D eigenvalue weighted by Gasteiger charge is -1.98. The van der Waals surface area contributed by atoms with Gasteiger partial charge in [-0.3, -0.25) is 0 Å². The maximum Gasteiger partial charge on any atom is 0.121 e. The third-order valence-electron chi connectivity index (χ3n) is 1.36. The average molecular weight is 232 g/mol. The minimum Gasteiger partial charge on any atom is -0.306 e. The standard InChI is InChI=1S/C7H10BrN3O/c1-5(8)3-9-4-7-6(2)10-12-11-7/h9H,1,3-4H2,2H3. The Morgan fingerprint density at radius 1 is 1.67 bits per heavy atom. The van der Waals surface area contributed by atoms with Crippen molar-refractivity contribution >= 4 is 15.9 Å². The minimum atomic E-state index is 0.653. The fourth-order valence-corrected chi connectivity index (χ4v) is 0.925. The van der Waals surface area contributed by atoms with Gasteiger partial charge in [-0.2, -0.15) is 0 Å². The Morgan fingerprint density at radius 2 is 2.42 bits per heavy atom. The highest BCUT2D eigenvalue weighted by atomic mass is 79.9. The zero-order valence-corrected chi connectivity index (χ0v) is 8.39. The SMILES string of the molecule is C=C(Br)CNCc1nonc1C. The van der Waals surface area contributed by atoms with Crippen molar-refractivity contribution in [3.8, 4) is 0 Å². The monoisotopic (exact) mass is 231 g/mol. The quantitative estimate of drug-likeness (QED) is 0.851. The molecule has 0 saturated carbocycles. The maximum absolute atomic E-state index is 4.53. The van der Waals surface area contributed by atoms with Crippen LogP contribution in [-0.2, 0) is 6.54 Å². The molecule has 1 rings (SSSR count). The molecule has 4 nitrogen and oxygen atoms in total. The van der Waals surface area contributed by atoms with Gasteiger partial charge in [0.15, 0.2) is 0 Å². The Balaban J connectivity index is 2.33. The molecule has 1 N–H and O–H groups in total. The fourth-order valence-electron chi connectivity index (χ4n) is 0.726. The van der Waals surface area contributed by atoms with Crippen molar-refractivity contribution in [1.29, 1.82) is 0 Å². The number of halogens is 1. The largest absolute Gasteiger partial charge is 0.306 e. The molecule has 0 aromatic carbocycles. The summed E-state index contributed by atoms with van der Waals surface area (Å²) < 4.78 is 5.44. The summed E-state index contributed by atoms with van der Waals surface area (Å²) in [6, 6.07) is 0. The van der Waals surface area contributed by atoms with E-state index in [1.165, 1.54) is 0 Å². The van der Waals surface area contributed by atoms with Crippen molar-refractivity contribution in [2.24, 2.45) is 0 Å². The van der Waals surface area contributed by atoms with E-state index in [2.05, 4.69) is 42.8 Å². The van der Waals surface area contributed by atoms with E-state index in [1.54, 1.807) is 0 Å². The molecule has 0 aliphatic carbocycles. The Morgan fingerprint density at radius 3 is 2.92 bits per heavy atom. The van der Waals surface area contributed by atoms with E-state index >= 15 is 0 Å². The zero-order chi connectivity index (χ0) is 8.97. The van der Waals surface area contributed by atoms with E-state index in [4.69, 9.17) is 0 Å². The smallest absolute Gasteiger partial charge is 0.121 e. The summed E-state index contributed by atoms with van der Waals surface area (Å²) in [4.78, 5) is 0. The predicted molar refractivity (Wildman–Crippen MR) is 48.8 cm³/mol. The van der Waals surface area contributed by atoms with Gasteiger partial charge >= 0.3 is 0 Å². The second kappa shape index (κ2) is 4.37. The zero-order valence-electron chi connectivity index (χ0n) is 6.80. The van der Waals surface area contributed by atoms with Gasteiger partial charge in [-0.05, 0) is 6.92 Å². The van der Waals surface area contributed by atoms with Crippen LogP contribution >= 0.6 is 15.9 Å². The van der Waals surface area contributed by atoms with Crippen LogP contribution in [0.25, 0.3) is 0 Å². The van der Waals surface area contributed by atoms with Gasteiger partial charge in [-0.25, -0.2) is 4.63 Å². The van der Waals surface area contributed by atoms with E-state index in [-0.39, 0.29) is 0 Å². The van der Waals surface area contributed by atoms with Gasteiger partial charge in [0, 0.05) is 17.6 Å². The number of hydrogen-bond acceptors (Lipinski definition) is 4. The van der Waals surface area contributed by atoms with Crippen molar-refractivity contribution in [3.63, 3.8) is 0 Å². The highest BCUT2D eigenvalue weighted by Gasteiger charge is 2.02. The van der Waals surface area contributed by atoms with Gasteiger partial charge in [-0.1, -0.05) is 32.8 Å². The molecule has 1 aromatic rings. The van der Waals surface area contributed by atoms with Gasteiger partial charge < -0.3 is 5.32 Å². The van der Waals surface area contributed by atoms with Crippen molar-refractivity contribution in [2.75, 3.05) is 6.54 Å². The molecule has 5 heteroatoms. The molecule has 0 fully saturated rings. The van der Waals surface area contributed by atoms with E-state index < -0.39 is 0 Å². The van der Waals surface area contributed by atoms with Crippen LogP contribution in [0.4, 0.5) is 0 Å². The van der Waals surface area contributed by atoms with Gasteiger partial charge in [0.1, 0.15) is 11.4 Å². The second-order valence-corrected chi connectivity index (χ2v) is 3.54.